The van der Waals surface area contributed by atoms with Gasteiger partial charge in [-0.25, -0.2) is 9.97 Å². The smallest absolute Gasteiger partial charge is 0.303 e. The number of carbonyl (C=O) groups is 1. The Kier molecular flexibility index (Phi) is 5.19. The molecule has 94 valence electrons. The number of hydrogen-bond acceptors (Lipinski definition) is 5. The van der Waals surface area contributed by atoms with E-state index in [-0.39, 0.29) is 6.42 Å². The molecule has 6 heteroatoms. The minimum atomic E-state index is -0.777. The van der Waals surface area contributed by atoms with Crippen molar-refractivity contribution < 1.29 is 9.90 Å². The van der Waals surface area contributed by atoms with E-state index in [2.05, 4.69) is 15.3 Å². The standard InChI is InChI=1S/C11H18N4O2/c1-3-15(2)10-7-9(13-8-14-10)12-6-4-5-11(16)17/h7-8H,3-6H2,1-2H3,(H,16,17)(H,12,13,14). The molecule has 0 amide bonds. The zero-order chi connectivity index (χ0) is 12.7. The first-order valence-electron chi connectivity index (χ1n) is 5.62. The Hall–Kier alpha value is -1.85. The second-order valence-electron chi connectivity index (χ2n) is 3.70. The summed E-state index contributed by atoms with van der Waals surface area (Å²) in [6.07, 6.45) is 2.25. The highest BCUT2D eigenvalue weighted by molar-refractivity contribution is 5.66. The van der Waals surface area contributed by atoms with Crippen molar-refractivity contribution in [2.75, 3.05) is 30.4 Å². The summed E-state index contributed by atoms with van der Waals surface area (Å²) in [6, 6.07) is 1.85. The molecular formula is C11H18N4O2. The fourth-order valence-electron chi connectivity index (χ4n) is 1.27. The highest BCUT2D eigenvalue weighted by Gasteiger charge is 2.02. The lowest BCUT2D eigenvalue weighted by Crippen LogP contribution is -2.17. The lowest BCUT2D eigenvalue weighted by molar-refractivity contribution is -0.137. The minimum Gasteiger partial charge on any atom is -0.481 e. The van der Waals surface area contributed by atoms with Crippen LogP contribution in [0.15, 0.2) is 12.4 Å². The molecule has 0 saturated heterocycles. The van der Waals surface area contributed by atoms with Gasteiger partial charge < -0.3 is 15.3 Å². The van der Waals surface area contributed by atoms with Gasteiger partial charge in [0.25, 0.3) is 0 Å². The van der Waals surface area contributed by atoms with Crippen LogP contribution in [0.4, 0.5) is 11.6 Å². The number of carboxylic acids is 1. The predicted molar refractivity (Wildman–Crippen MR) is 66.3 cm³/mol. The van der Waals surface area contributed by atoms with Gasteiger partial charge in [-0.15, -0.1) is 0 Å². The molecule has 0 aliphatic heterocycles. The Bertz CT molecular complexity index is 370. The summed E-state index contributed by atoms with van der Waals surface area (Å²) in [7, 11) is 1.95. The van der Waals surface area contributed by atoms with Gasteiger partial charge in [-0.3, -0.25) is 4.79 Å². The first-order valence-corrected chi connectivity index (χ1v) is 5.62. The summed E-state index contributed by atoms with van der Waals surface area (Å²) >= 11 is 0. The van der Waals surface area contributed by atoms with Crippen LogP contribution < -0.4 is 10.2 Å². The maximum Gasteiger partial charge on any atom is 0.303 e. The molecular weight excluding hydrogens is 220 g/mol. The van der Waals surface area contributed by atoms with Crippen LogP contribution in [-0.4, -0.2) is 41.2 Å². The Morgan fingerprint density at radius 2 is 2.29 bits per heavy atom. The molecule has 0 fully saturated rings. The number of carboxylic acid groups (broad SMARTS) is 1. The number of aromatic nitrogens is 2. The number of aliphatic carboxylic acids is 1. The van der Waals surface area contributed by atoms with Crippen molar-refractivity contribution in [1.82, 2.24) is 9.97 Å². The minimum absolute atomic E-state index is 0.166. The van der Waals surface area contributed by atoms with Crippen molar-refractivity contribution in [2.24, 2.45) is 0 Å². The van der Waals surface area contributed by atoms with Gasteiger partial charge in [-0.1, -0.05) is 0 Å². The highest BCUT2D eigenvalue weighted by Crippen LogP contribution is 2.12. The highest BCUT2D eigenvalue weighted by atomic mass is 16.4. The quantitative estimate of drug-likeness (QED) is 0.695. The molecule has 6 nitrogen and oxygen atoms in total. The summed E-state index contributed by atoms with van der Waals surface area (Å²) in [5, 5.41) is 11.6. The first kappa shape index (κ1) is 13.2. The third-order valence-corrected chi connectivity index (χ3v) is 2.39. The van der Waals surface area contributed by atoms with Crippen molar-refractivity contribution in [3.63, 3.8) is 0 Å². The molecule has 17 heavy (non-hydrogen) atoms. The van der Waals surface area contributed by atoms with Gasteiger partial charge in [-0.05, 0) is 13.3 Å². The first-order chi connectivity index (χ1) is 8.13. The van der Waals surface area contributed by atoms with Crippen LogP contribution in [0, 0.1) is 0 Å². The van der Waals surface area contributed by atoms with E-state index in [9.17, 15) is 4.79 Å². The lowest BCUT2D eigenvalue weighted by Gasteiger charge is -2.15. The van der Waals surface area contributed by atoms with Crippen molar-refractivity contribution in [1.29, 1.82) is 0 Å². The van der Waals surface area contributed by atoms with Crippen LogP contribution in [0.5, 0.6) is 0 Å². The molecule has 1 aromatic rings. The van der Waals surface area contributed by atoms with Gasteiger partial charge in [0.2, 0.25) is 0 Å². The van der Waals surface area contributed by atoms with Gasteiger partial charge >= 0.3 is 5.97 Å². The number of hydrogen-bond donors (Lipinski definition) is 2. The van der Waals surface area contributed by atoms with E-state index in [0.717, 1.165) is 18.2 Å². The summed E-state index contributed by atoms with van der Waals surface area (Å²) in [6.45, 7) is 3.51. The third kappa shape index (κ3) is 4.67. The molecule has 0 spiro atoms. The summed E-state index contributed by atoms with van der Waals surface area (Å²) < 4.78 is 0. The Balaban J connectivity index is 2.45. The van der Waals surface area contributed by atoms with Crippen LogP contribution in [0.3, 0.4) is 0 Å². The van der Waals surface area contributed by atoms with Crippen LogP contribution in [0.2, 0.25) is 0 Å². The largest absolute Gasteiger partial charge is 0.481 e. The number of rotatable bonds is 7. The fourth-order valence-corrected chi connectivity index (χ4v) is 1.27. The van der Waals surface area contributed by atoms with Crippen molar-refractivity contribution in [3.8, 4) is 0 Å². The van der Waals surface area contributed by atoms with Crippen molar-refractivity contribution >= 4 is 17.6 Å². The summed E-state index contributed by atoms with van der Waals surface area (Å²) in [4.78, 5) is 20.6. The van der Waals surface area contributed by atoms with Crippen LogP contribution in [-0.2, 0) is 4.79 Å². The van der Waals surface area contributed by atoms with Crippen molar-refractivity contribution in [2.45, 2.75) is 19.8 Å². The monoisotopic (exact) mass is 238 g/mol. The van der Waals surface area contributed by atoms with E-state index in [0.29, 0.717) is 13.0 Å². The normalized spacial score (nSPS) is 10.0. The molecule has 1 rings (SSSR count). The van der Waals surface area contributed by atoms with E-state index >= 15 is 0 Å². The van der Waals surface area contributed by atoms with E-state index in [1.807, 2.05) is 24.9 Å². The Morgan fingerprint density at radius 3 is 2.94 bits per heavy atom. The maximum absolute atomic E-state index is 10.3. The molecule has 1 aromatic heterocycles. The van der Waals surface area contributed by atoms with E-state index in [1.54, 1.807) is 0 Å². The fraction of sp³-hybridized carbons (Fsp3) is 0.545. The van der Waals surface area contributed by atoms with E-state index in [4.69, 9.17) is 5.11 Å². The van der Waals surface area contributed by atoms with Crippen LogP contribution >= 0.6 is 0 Å². The molecule has 0 aromatic carbocycles. The van der Waals surface area contributed by atoms with Crippen LogP contribution in [0.1, 0.15) is 19.8 Å². The maximum atomic E-state index is 10.3. The molecule has 2 N–H and O–H groups in total. The lowest BCUT2D eigenvalue weighted by atomic mass is 10.3. The summed E-state index contributed by atoms with van der Waals surface area (Å²) in [5.74, 6) is 0.796. The third-order valence-electron chi connectivity index (χ3n) is 2.39. The second-order valence-corrected chi connectivity index (χ2v) is 3.70. The molecule has 1 heterocycles. The van der Waals surface area contributed by atoms with Crippen LogP contribution in [0.25, 0.3) is 0 Å². The zero-order valence-electron chi connectivity index (χ0n) is 10.2. The Morgan fingerprint density at radius 1 is 1.53 bits per heavy atom. The molecule has 0 aliphatic rings. The van der Waals surface area contributed by atoms with Gasteiger partial charge in [0, 0.05) is 32.6 Å². The number of nitrogens with one attached hydrogen (secondary N) is 1. The van der Waals surface area contributed by atoms with E-state index in [1.165, 1.54) is 6.33 Å². The average molecular weight is 238 g/mol. The number of nitrogens with zero attached hydrogens (tertiary/aromatic N) is 3. The molecule has 0 radical (unpaired) electrons. The topological polar surface area (TPSA) is 78.4 Å². The molecule has 0 bridgehead atoms. The molecule has 0 saturated carbocycles. The van der Waals surface area contributed by atoms with Gasteiger partial charge in [0.15, 0.2) is 0 Å². The SMILES string of the molecule is CCN(C)c1cc(NCCCC(=O)O)ncn1. The predicted octanol–water partition coefficient (Wildman–Crippen LogP) is 1.21. The molecule has 0 aliphatic carbocycles. The van der Waals surface area contributed by atoms with Crippen molar-refractivity contribution in [3.05, 3.63) is 12.4 Å². The Labute approximate surface area is 101 Å². The van der Waals surface area contributed by atoms with Gasteiger partial charge in [0.05, 0.1) is 0 Å². The van der Waals surface area contributed by atoms with E-state index < -0.39 is 5.97 Å². The van der Waals surface area contributed by atoms with Gasteiger partial charge in [-0.2, -0.15) is 0 Å². The second kappa shape index (κ2) is 6.67. The van der Waals surface area contributed by atoms with Gasteiger partial charge in [0.1, 0.15) is 18.0 Å². The molecule has 0 unspecified atom stereocenters. The molecule has 0 atom stereocenters. The average Bonchev–Trinajstić information content (AvgIpc) is 2.34. The zero-order valence-corrected chi connectivity index (χ0v) is 10.2. The number of anilines is 2. The summed E-state index contributed by atoms with van der Waals surface area (Å²) in [5.41, 5.74) is 0.